The van der Waals surface area contributed by atoms with Crippen molar-refractivity contribution in [2.24, 2.45) is 5.41 Å². The fourth-order valence-electron chi connectivity index (χ4n) is 4.37. The van der Waals surface area contributed by atoms with E-state index in [1.54, 1.807) is 19.1 Å². The number of carbonyl (C=O) groups excluding carboxylic acids is 2. The monoisotopic (exact) mass is 463 g/mol. The van der Waals surface area contributed by atoms with Gasteiger partial charge in [-0.2, -0.15) is 0 Å². The fourth-order valence-corrected chi connectivity index (χ4v) is 4.59. The summed E-state index contributed by atoms with van der Waals surface area (Å²) in [6.07, 6.45) is 1.02. The number of halogens is 1. The Bertz CT molecular complexity index is 994. The number of ether oxygens (including phenoxy) is 3. The molecule has 2 N–H and O–H groups in total. The Kier molecular flexibility index (Phi) is 7.20. The van der Waals surface area contributed by atoms with Gasteiger partial charge in [-0.15, -0.1) is 0 Å². The second kappa shape index (κ2) is 9.55. The van der Waals surface area contributed by atoms with Crippen LogP contribution in [0.5, 0.6) is 11.5 Å². The van der Waals surface area contributed by atoms with Crippen molar-refractivity contribution in [2.45, 2.75) is 46.5 Å². The zero-order valence-corrected chi connectivity index (χ0v) is 19.9. The molecule has 1 heterocycles. The molecule has 0 fully saturated rings. The van der Waals surface area contributed by atoms with Crippen LogP contribution in [-0.2, 0) is 19.1 Å². The Morgan fingerprint density at radius 3 is 2.66 bits per heavy atom. The van der Waals surface area contributed by atoms with Gasteiger partial charge in [-0.1, -0.05) is 25.4 Å². The molecule has 32 heavy (non-hydrogen) atoms. The van der Waals surface area contributed by atoms with Crippen molar-refractivity contribution in [1.29, 1.82) is 0 Å². The van der Waals surface area contributed by atoms with Crippen LogP contribution < -0.4 is 10.1 Å². The maximum Gasteiger partial charge on any atom is 0.336 e. The van der Waals surface area contributed by atoms with Crippen molar-refractivity contribution in [3.63, 3.8) is 0 Å². The van der Waals surface area contributed by atoms with E-state index >= 15 is 0 Å². The molecule has 0 radical (unpaired) electrons. The minimum atomic E-state index is -0.693. The average Bonchev–Trinajstić information content (AvgIpc) is 2.71. The van der Waals surface area contributed by atoms with Crippen LogP contribution in [0.25, 0.3) is 0 Å². The van der Waals surface area contributed by atoms with Gasteiger partial charge in [0.25, 0.3) is 0 Å². The van der Waals surface area contributed by atoms with Crippen LogP contribution in [0.15, 0.2) is 34.7 Å². The molecular weight excluding hydrogens is 434 g/mol. The van der Waals surface area contributed by atoms with Crippen molar-refractivity contribution in [2.75, 3.05) is 26.9 Å². The Morgan fingerprint density at radius 2 is 2.00 bits per heavy atom. The molecule has 8 heteroatoms. The molecule has 1 aromatic rings. The van der Waals surface area contributed by atoms with E-state index < -0.39 is 11.9 Å². The number of hydrogen-bond acceptors (Lipinski definition) is 7. The van der Waals surface area contributed by atoms with Gasteiger partial charge in [0, 0.05) is 35.9 Å². The number of esters is 1. The number of aromatic hydroxyl groups is 1. The second-order valence-corrected chi connectivity index (χ2v) is 9.22. The number of ketones is 1. The molecule has 0 aromatic heterocycles. The summed E-state index contributed by atoms with van der Waals surface area (Å²) in [5.74, 6) is -1.30. The first-order chi connectivity index (χ1) is 15.1. The third-order valence-corrected chi connectivity index (χ3v) is 6.02. The van der Waals surface area contributed by atoms with E-state index in [2.05, 4.69) is 5.32 Å². The van der Waals surface area contributed by atoms with E-state index in [1.165, 1.54) is 7.11 Å². The van der Waals surface area contributed by atoms with Crippen molar-refractivity contribution in [3.05, 3.63) is 45.3 Å². The van der Waals surface area contributed by atoms with E-state index in [0.717, 1.165) is 5.70 Å². The van der Waals surface area contributed by atoms with Crippen molar-refractivity contribution < 1.29 is 28.9 Å². The van der Waals surface area contributed by atoms with E-state index in [1.807, 2.05) is 20.8 Å². The third-order valence-electron chi connectivity index (χ3n) is 5.73. The van der Waals surface area contributed by atoms with E-state index in [9.17, 15) is 14.7 Å². The first-order valence-corrected chi connectivity index (χ1v) is 11.0. The summed E-state index contributed by atoms with van der Waals surface area (Å²) in [6, 6.07) is 3.17. The van der Waals surface area contributed by atoms with Gasteiger partial charge >= 0.3 is 5.97 Å². The third kappa shape index (κ3) is 4.79. The van der Waals surface area contributed by atoms with Crippen LogP contribution in [0, 0.1) is 5.41 Å². The number of phenolic OH excluding ortho intramolecular Hbond substituents is 1. The molecule has 0 saturated carbocycles. The lowest BCUT2D eigenvalue weighted by Gasteiger charge is -2.39. The lowest BCUT2D eigenvalue weighted by molar-refractivity contribution is -0.140. The summed E-state index contributed by atoms with van der Waals surface area (Å²) in [4.78, 5) is 26.4. The number of rotatable bonds is 7. The molecule has 174 valence electrons. The smallest absolute Gasteiger partial charge is 0.336 e. The zero-order chi connectivity index (χ0) is 23.6. The van der Waals surface area contributed by atoms with Crippen LogP contribution in [0.2, 0.25) is 5.02 Å². The summed E-state index contributed by atoms with van der Waals surface area (Å²) in [5, 5.41) is 13.6. The number of nitrogens with one attached hydrogen (secondary N) is 1. The Hall–Kier alpha value is -2.51. The molecular formula is C24H30ClNO6. The van der Waals surface area contributed by atoms with Crippen LogP contribution in [0.4, 0.5) is 0 Å². The molecule has 1 aromatic carbocycles. The summed E-state index contributed by atoms with van der Waals surface area (Å²) in [7, 11) is 1.42. The number of carbonyl (C=O) groups is 2. The molecule has 2 aliphatic rings. The quantitative estimate of drug-likeness (QED) is 0.461. The molecule has 0 unspecified atom stereocenters. The minimum Gasteiger partial charge on any atom is -0.503 e. The number of hydrogen-bond donors (Lipinski definition) is 2. The topological polar surface area (TPSA) is 94.1 Å². The lowest BCUT2D eigenvalue weighted by Crippen LogP contribution is -2.38. The largest absolute Gasteiger partial charge is 0.503 e. The van der Waals surface area contributed by atoms with E-state index in [-0.39, 0.29) is 40.9 Å². The molecule has 7 nitrogen and oxygen atoms in total. The molecule has 1 atom stereocenters. The summed E-state index contributed by atoms with van der Waals surface area (Å²) < 4.78 is 16.0. The molecule has 0 bridgehead atoms. The van der Waals surface area contributed by atoms with Crippen molar-refractivity contribution in [1.82, 2.24) is 5.32 Å². The van der Waals surface area contributed by atoms with Gasteiger partial charge < -0.3 is 24.6 Å². The highest BCUT2D eigenvalue weighted by atomic mass is 35.5. The number of dihydropyridines is 1. The van der Waals surface area contributed by atoms with Crippen molar-refractivity contribution in [3.8, 4) is 11.5 Å². The van der Waals surface area contributed by atoms with Gasteiger partial charge in [-0.05, 0) is 43.4 Å². The molecule has 1 aliphatic carbocycles. The van der Waals surface area contributed by atoms with Crippen LogP contribution in [-0.4, -0.2) is 43.8 Å². The average molecular weight is 464 g/mol. The van der Waals surface area contributed by atoms with Gasteiger partial charge in [-0.3, -0.25) is 4.79 Å². The van der Waals surface area contributed by atoms with E-state index in [4.69, 9.17) is 25.8 Å². The highest BCUT2D eigenvalue weighted by molar-refractivity contribution is 6.32. The number of allylic oxidation sites excluding steroid dienone is 3. The molecule has 0 amide bonds. The second-order valence-electron chi connectivity index (χ2n) is 8.82. The molecule has 0 saturated heterocycles. The number of benzene rings is 1. The highest BCUT2D eigenvalue weighted by Crippen LogP contribution is 2.48. The maximum absolute atomic E-state index is 13.3. The van der Waals surface area contributed by atoms with Gasteiger partial charge in [0.2, 0.25) is 0 Å². The highest BCUT2D eigenvalue weighted by Gasteiger charge is 2.43. The first kappa shape index (κ1) is 24.1. The van der Waals surface area contributed by atoms with E-state index in [0.29, 0.717) is 41.9 Å². The molecule has 0 spiro atoms. The Labute approximate surface area is 193 Å². The summed E-state index contributed by atoms with van der Waals surface area (Å²) >= 11 is 6.26. The molecule has 1 aliphatic heterocycles. The number of Topliss-reactive ketones (excluding diaryl/α,β-unsaturated/α-hetero) is 1. The standard InChI is InChI=1S/C24H30ClNO6/c1-6-31-7-8-32-23(29)19-13(2)26-16-11-24(3,4)12-17(27)21(16)20(19)14-9-15(25)22(28)18(10-14)30-5/h9-10,20,26,28H,6-8,11-12H2,1-5H3/t20-/m1/s1. The SMILES string of the molecule is CCOCCOC(=O)C1=C(C)NC2=C(C(=O)CC(C)(C)C2)[C@@H]1c1cc(Cl)c(O)c(OC)c1. The number of methoxy groups -OCH3 is 1. The van der Waals surface area contributed by atoms with Gasteiger partial charge in [0.15, 0.2) is 17.3 Å². The van der Waals surface area contributed by atoms with Gasteiger partial charge in [0.1, 0.15) is 6.61 Å². The summed E-state index contributed by atoms with van der Waals surface area (Å²) in [6.45, 7) is 8.65. The van der Waals surface area contributed by atoms with Crippen LogP contribution in [0.3, 0.4) is 0 Å². The minimum absolute atomic E-state index is 0.0379. The zero-order valence-electron chi connectivity index (χ0n) is 19.1. The van der Waals surface area contributed by atoms with Crippen molar-refractivity contribution >= 4 is 23.4 Å². The van der Waals surface area contributed by atoms with Gasteiger partial charge in [-0.25, -0.2) is 4.79 Å². The maximum atomic E-state index is 13.3. The predicted molar refractivity (Wildman–Crippen MR) is 121 cm³/mol. The molecule has 3 rings (SSSR count). The summed E-state index contributed by atoms with van der Waals surface area (Å²) in [5.41, 5.74) is 2.63. The normalized spacial score (nSPS) is 20.1. The predicted octanol–water partition coefficient (Wildman–Crippen LogP) is 4.24. The number of phenols is 1. The fraction of sp³-hybridized carbons (Fsp3) is 0.500. The lowest BCUT2D eigenvalue weighted by atomic mass is 9.68. The Balaban J connectivity index is 2.12. The Morgan fingerprint density at radius 1 is 1.28 bits per heavy atom. The van der Waals surface area contributed by atoms with Gasteiger partial charge in [0.05, 0.1) is 24.3 Å². The van der Waals surface area contributed by atoms with Crippen LogP contribution >= 0.6 is 11.6 Å². The first-order valence-electron chi connectivity index (χ1n) is 10.6. The van der Waals surface area contributed by atoms with Crippen LogP contribution in [0.1, 0.15) is 52.0 Å².